The molecule has 0 unspecified atom stereocenters. The maximum Gasteiger partial charge on any atom is 0.492 e. The van der Waals surface area contributed by atoms with Crippen molar-refractivity contribution >= 4 is 35.8 Å². The lowest BCUT2D eigenvalue weighted by Crippen LogP contribution is -2.41. The topological polar surface area (TPSA) is 82.2 Å². The molecule has 3 aromatic rings. The van der Waals surface area contributed by atoms with Crippen LogP contribution in [-0.2, 0) is 18.8 Å². The van der Waals surface area contributed by atoms with Gasteiger partial charge in [0.25, 0.3) is 0 Å². The molecule has 1 aromatic heterocycles. The number of morpholine rings is 1. The summed E-state index contributed by atoms with van der Waals surface area (Å²) in [6.45, 7) is 11.6. The normalized spacial score (nSPS) is 19.7. The van der Waals surface area contributed by atoms with Crippen LogP contribution in [0.1, 0.15) is 50.4 Å². The van der Waals surface area contributed by atoms with E-state index < -0.39 is 24.4 Å². The summed E-state index contributed by atoms with van der Waals surface area (Å²) < 4.78 is 23.9. The highest BCUT2D eigenvalue weighted by Gasteiger charge is 2.52. The molecule has 0 saturated carbocycles. The standard InChI is InChI=1S/C31H36BN3O5S/c1-30(2)31(3,4)40-32(39-30)21(17-22-20-41-28(34-22)35-13-15-37-16-14-35)18-33-29(36)38-19-27-25-11-7-5-9-23(25)24-10-6-8-12-26(24)27/h5-12,17,20,27H,13-16,18-19H2,1-4H3,(H,33,36). The van der Waals surface area contributed by atoms with Crippen LogP contribution in [0.15, 0.2) is 59.4 Å². The number of ether oxygens (including phenoxy) is 2. The third kappa shape index (κ3) is 5.66. The Morgan fingerprint density at radius 3 is 2.29 bits per heavy atom. The van der Waals surface area contributed by atoms with E-state index in [-0.39, 0.29) is 19.1 Å². The number of anilines is 1. The second kappa shape index (κ2) is 11.2. The molecule has 2 aliphatic heterocycles. The molecule has 214 valence electrons. The van der Waals surface area contributed by atoms with Gasteiger partial charge in [-0.25, -0.2) is 9.78 Å². The summed E-state index contributed by atoms with van der Waals surface area (Å²) >= 11 is 1.60. The van der Waals surface area contributed by atoms with E-state index in [2.05, 4.69) is 34.5 Å². The van der Waals surface area contributed by atoms with Crippen LogP contribution in [0.4, 0.5) is 9.93 Å². The number of carbonyl (C=O) groups is 1. The van der Waals surface area contributed by atoms with Crippen LogP contribution in [0.2, 0.25) is 0 Å². The quantitative estimate of drug-likeness (QED) is 0.372. The molecule has 1 amide bonds. The van der Waals surface area contributed by atoms with E-state index in [0.717, 1.165) is 29.4 Å². The Balaban J connectivity index is 1.16. The fourth-order valence-electron chi connectivity index (χ4n) is 5.45. The second-order valence-electron chi connectivity index (χ2n) is 11.6. The second-order valence-corrected chi connectivity index (χ2v) is 12.5. The fraction of sp³-hybridized carbons (Fsp3) is 0.419. The van der Waals surface area contributed by atoms with Gasteiger partial charge in [0, 0.05) is 30.9 Å². The third-order valence-corrected chi connectivity index (χ3v) is 9.38. The van der Waals surface area contributed by atoms with Crippen molar-refractivity contribution in [1.29, 1.82) is 0 Å². The van der Waals surface area contributed by atoms with Gasteiger partial charge in [0.05, 0.1) is 30.1 Å². The molecular weight excluding hydrogens is 537 g/mol. The molecule has 2 saturated heterocycles. The minimum absolute atomic E-state index is 0.000116. The number of fused-ring (bicyclic) bond motifs is 3. The summed E-state index contributed by atoms with van der Waals surface area (Å²) in [4.78, 5) is 20.1. The molecule has 2 aromatic carbocycles. The van der Waals surface area contributed by atoms with Crippen molar-refractivity contribution in [1.82, 2.24) is 10.3 Å². The zero-order chi connectivity index (χ0) is 28.6. The monoisotopic (exact) mass is 573 g/mol. The van der Waals surface area contributed by atoms with Crippen LogP contribution in [-0.4, -0.2) is 68.9 Å². The highest BCUT2D eigenvalue weighted by Crippen LogP contribution is 2.44. The largest absolute Gasteiger partial charge is 0.492 e. The highest BCUT2D eigenvalue weighted by atomic mass is 32.1. The van der Waals surface area contributed by atoms with Crippen LogP contribution in [0, 0.1) is 0 Å². The Bertz CT molecular complexity index is 1390. The summed E-state index contributed by atoms with van der Waals surface area (Å²) in [5.41, 5.74) is 5.30. The van der Waals surface area contributed by atoms with E-state index in [1.807, 2.05) is 63.4 Å². The zero-order valence-corrected chi connectivity index (χ0v) is 24.8. The van der Waals surface area contributed by atoms with Crippen molar-refractivity contribution in [2.75, 3.05) is 44.4 Å². The van der Waals surface area contributed by atoms with Crippen LogP contribution in [0.3, 0.4) is 0 Å². The van der Waals surface area contributed by atoms with Crippen molar-refractivity contribution in [3.63, 3.8) is 0 Å². The van der Waals surface area contributed by atoms with E-state index in [0.29, 0.717) is 13.2 Å². The number of benzene rings is 2. The van der Waals surface area contributed by atoms with Crippen molar-refractivity contribution in [2.24, 2.45) is 0 Å². The zero-order valence-electron chi connectivity index (χ0n) is 24.0. The lowest BCUT2D eigenvalue weighted by atomic mass is 9.77. The molecule has 0 spiro atoms. The Labute approximate surface area is 245 Å². The van der Waals surface area contributed by atoms with Gasteiger partial charge in [-0.15, -0.1) is 11.3 Å². The molecule has 1 N–H and O–H groups in total. The first-order valence-corrected chi connectivity index (χ1v) is 15.0. The first-order valence-electron chi connectivity index (χ1n) is 14.1. The van der Waals surface area contributed by atoms with Gasteiger partial charge in [-0.05, 0) is 61.5 Å². The predicted octanol–water partition coefficient (Wildman–Crippen LogP) is 5.53. The Hall–Kier alpha value is -3.18. The number of alkyl carbamates (subject to hydrolysis) is 1. The van der Waals surface area contributed by atoms with Crippen LogP contribution in [0.25, 0.3) is 17.2 Å². The summed E-state index contributed by atoms with van der Waals surface area (Å²) in [5, 5.41) is 5.91. The number of nitrogens with zero attached hydrogens (tertiary/aromatic N) is 2. The molecule has 1 aliphatic carbocycles. The van der Waals surface area contributed by atoms with Crippen molar-refractivity contribution in [2.45, 2.75) is 44.8 Å². The average molecular weight is 574 g/mol. The minimum Gasteiger partial charge on any atom is -0.449 e. The molecule has 0 radical (unpaired) electrons. The molecule has 0 atom stereocenters. The number of amides is 1. The maximum absolute atomic E-state index is 13.0. The molecule has 41 heavy (non-hydrogen) atoms. The van der Waals surface area contributed by atoms with E-state index in [4.69, 9.17) is 23.8 Å². The van der Waals surface area contributed by atoms with Crippen molar-refractivity contribution in [3.8, 4) is 11.1 Å². The van der Waals surface area contributed by atoms with Gasteiger partial charge in [0.15, 0.2) is 5.13 Å². The molecule has 3 heterocycles. The molecule has 3 aliphatic rings. The lowest BCUT2D eigenvalue weighted by molar-refractivity contribution is 0.00578. The SMILES string of the molecule is CC1(C)OB(C(=Cc2csc(N3CCOCC3)n2)CNC(=O)OCC2c3ccccc3-c3ccccc32)OC1(C)C. The van der Waals surface area contributed by atoms with E-state index in [1.165, 1.54) is 22.3 Å². The van der Waals surface area contributed by atoms with Gasteiger partial charge >= 0.3 is 13.2 Å². The number of carbonyl (C=O) groups excluding carboxylic acids is 1. The summed E-state index contributed by atoms with van der Waals surface area (Å²) in [5.74, 6) is -0.000116. The first kappa shape index (κ1) is 28.0. The maximum atomic E-state index is 13.0. The fourth-order valence-corrected chi connectivity index (χ4v) is 6.29. The number of rotatable bonds is 7. The number of hydrogen-bond acceptors (Lipinski definition) is 8. The Morgan fingerprint density at radius 1 is 1.05 bits per heavy atom. The molecule has 8 nitrogen and oxygen atoms in total. The molecule has 6 rings (SSSR count). The minimum atomic E-state index is -0.623. The lowest BCUT2D eigenvalue weighted by Gasteiger charge is -2.32. The third-order valence-electron chi connectivity index (χ3n) is 8.46. The van der Waals surface area contributed by atoms with Gasteiger partial charge in [0.1, 0.15) is 6.61 Å². The molecular formula is C31H36BN3O5S. The van der Waals surface area contributed by atoms with Crippen LogP contribution < -0.4 is 10.2 Å². The number of nitrogens with one attached hydrogen (secondary N) is 1. The van der Waals surface area contributed by atoms with Gasteiger partial charge in [-0.1, -0.05) is 48.5 Å². The van der Waals surface area contributed by atoms with Crippen LogP contribution >= 0.6 is 11.3 Å². The van der Waals surface area contributed by atoms with Gasteiger partial charge in [-0.2, -0.15) is 0 Å². The number of aromatic nitrogens is 1. The Morgan fingerprint density at radius 2 is 1.66 bits per heavy atom. The average Bonchev–Trinajstić information content (AvgIpc) is 3.62. The van der Waals surface area contributed by atoms with E-state index in [1.54, 1.807) is 11.3 Å². The summed E-state index contributed by atoms with van der Waals surface area (Å²) in [6, 6.07) is 16.6. The van der Waals surface area contributed by atoms with Gasteiger partial charge in [-0.3, -0.25) is 0 Å². The number of thiazole rings is 1. The smallest absolute Gasteiger partial charge is 0.449 e. The Kier molecular flexibility index (Phi) is 7.67. The van der Waals surface area contributed by atoms with Crippen molar-refractivity contribution in [3.05, 3.63) is 76.2 Å². The van der Waals surface area contributed by atoms with Crippen molar-refractivity contribution < 1.29 is 23.6 Å². The van der Waals surface area contributed by atoms with E-state index in [9.17, 15) is 4.79 Å². The van der Waals surface area contributed by atoms with Gasteiger partial charge in [0.2, 0.25) is 0 Å². The first-order chi connectivity index (χ1) is 19.7. The van der Waals surface area contributed by atoms with Crippen LogP contribution in [0.5, 0.6) is 0 Å². The molecule has 2 fully saturated rings. The van der Waals surface area contributed by atoms with Gasteiger partial charge < -0.3 is 29.0 Å². The highest BCUT2D eigenvalue weighted by molar-refractivity contribution is 7.13. The number of hydrogen-bond donors (Lipinski definition) is 1. The molecule has 10 heteroatoms. The molecule has 0 bridgehead atoms. The predicted molar refractivity (Wildman–Crippen MR) is 162 cm³/mol. The summed E-state index contributed by atoms with van der Waals surface area (Å²) in [7, 11) is -0.623. The van der Waals surface area contributed by atoms with E-state index >= 15 is 0 Å². The summed E-state index contributed by atoms with van der Waals surface area (Å²) in [6.07, 6.45) is 1.47.